The first-order valence-electron chi connectivity index (χ1n) is 9.98. The molecule has 3 aliphatic rings. The molecule has 0 radical (unpaired) electrons. The molecule has 1 amide bonds. The van der Waals surface area contributed by atoms with Gasteiger partial charge < -0.3 is 15.4 Å². The van der Waals surface area contributed by atoms with Gasteiger partial charge in [-0.25, -0.2) is 0 Å². The summed E-state index contributed by atoms with van der Waals surface area (Å²) in [5.74, 6) is 0.754. The van der Waals surface area contributed by atoms with Crippen LogP contribution in [0.3, 0.4) is 0 Å². The van der Waals surface area contributed by atoms with Crippen LogP contribution in [0.15, 0.2) is 24.3 Å². The molecule has 1 saturated carbocycles. The minimum absolute atomic E-state index is 0. The molecule has 0 bridgehead atoms. The summed E-state index contributed by atoms with van der Waals surface area (Å²) in [5.41, 5.74) is 1.02. The summed E-state index contributed by atoms with van der Waals surface area (Å²) in [5, 5.41) is 7.60. The monoisotopic (exact) mass is 412 g/mol. The topological polar surface area (TPSA) is 50.4 Å². The average Bonchev–Trinajstić information content (AvgIpc) is 3.13. The molecule has 4 nitrogen and oxygen atoms in total. The maximum atomic E-state index is 13.3. The predicted molar refractivity (Wildman–Crippen MR) is 111 cm³/mol. The fraction of sp³-hybridized carbons (Fsp3) is 0.667. The van der Waals surface area contributed by atoms with Crippen molar-refractivity contribution in [2.24, 2.45) is 11.3 Å². The first-order chi connectivity index (χ1) is 12.6. The molecule has 2 saturated heterocycles. The van der Waals surface area contributed by atoms with Crippen molar-refractivity contribution in [3.63, 3.8) is 0 Å². The van der Waals surface area contributed by atoms with Gasteiger partial charge in [0.1, 0.15) is 0 Å². The summed E-state index contributed by atoms with van der Waals surface area (Å²) in [6, 6.07) is 8.12. The van der Waals surface area contributed by atoms with Crippen LogP contribution in [0.4, 0.5) is 0 Å². The van der Waals surface area contributed by atoms with E-state index in [1.54, 1.807) is 0 Å². The Morgan fingerprint density at radius 2 is 1.93 bits per heavy atom. The number of carbonyl (C=O) groups is 1. The Labute approximate surface area is 173 Å². The van der Waals surface area contributed by atoms with Crippen molar-refractivity contribution in [3.05, 3.63) is 34.9 Å². The maximum absolute atomic E-state index is 13.3. The SMILES string of the molecule is Cl.O=C(NCC1(c2ccc(Cl)cc2)CCOCC1)[C@@]12CCCC[C@H]1CNC2. The highest BCUT2D eigenvalue weighted by atomic mass is 35.5. The number of rotatable bonds is 4. The Hall–Kier alpha value is -0.810. The predicted octanol–water partition coefficient (Wildman–Crippen LogP) is 3.71. The van der Waals surface area contributed by atoms with Crippen molar-refractivity contribution >= 4 is 29.9 Å². The van der Waals surface area contributed by atoms with Gasteiger partial charge in [-0.2, -0.15) is 0 Å². The van der Waals surface area contributed by atoms with Crippen LogP contribution in [-0.4, -0.2) is 38.8 Å². The van der Waals surface area contributed by atoms with Crippen LogP contribution in [0.25, 0.3) is 0 Å². The summed E-state index contributed by atoms with van der Waals surface area (Å²) >= 11 is 6.08. The van der Waals surface area contributed by atoms with Crippen LogP contribution >= 0.6 is 24.0 Å². The highest BCUT2D eigenvalue weighted by molar-refractivity contribution is 6.30. The van der Waals surface area contributed by atoms with E-state index in [4.69, 9.17) is 16.3 Å². The van der Waals surface area contributed by atoms with Gasteiger partial charge in [0.2, 0.25) is 5.91 Å². The van der Waals surface area contributed by atoms with Crippen LogP contribution in [0.5, 0.6) is 0 Å². The summed E-state index contributed by atoms with van der Waals surface area (Å²) in [4.78, 5) is 13.3. The van der Waals surface area contributed by atoms with Gasteiger partial charge in [-0.3, -0.25) is 4.79 Å². The smallest absolute Gasteiger partial charge is 0.227 e. The zero-order valence-electron chi connectivity index (χ0n) is 15.8. The van der Waals surface area contributed by atoms with Gasteiger partial charge in [0, 0.05) is 36.7 Å². The molecule has 2 N–H and O–H groups in total. The van der Waals surface area contributed by atoms with Crippen molar-refractivity contribution in [2.75, 3.05) is 32.8 Å². The number of carbonyl (C=O) groups excluding carboxylic acids is 1. The van der Waals surface area contributed by atoms with Crippen molar-refractivity contribution < 1.29 is 9.53 Å². The molecule has 3 fully saturated rings. The third-order valence-electron chi connectivity index (χ3n) is 6.98. The minimum atomic E-state index is -0.190. The normalized spacial score (nSPS) is 29.4. The Morgan fingerprint density at radius 3 is 2.67 bits per heavy atom. The summed E-state index contributed by atoms with van der Waals surface area (Å²) < 4.78 is 5.61. The van der Waals surface area contributed by atoms with Gasteiger partial charge in [0.05, 0.1) is 5.41 Å². The Balaban J connectivity index is 0.00000210. The van der Waals surface area contributed by atoms with E-state index in [9.17, 15) is 4.79 Å². The highest BCUT2D eigenvalue weighted by Gasteiger charge is 2.50. The number of nitrogens with one attached hydrogen (secondary N) is 2. The molecular weight excluding hydrogens is 383 g/mol. The number of amides is 1. The fourth-order valence-electron chi connectivity index (χ4n) is 5.25. The molecule has 6 heteroatoms. The largest absolute Gasteiger partial charge is 0.381 e. The Bertz CT molecular complexity index is 646. The standard InChI is InChI=1S/C21H29ClN2O2.ClH/c22-18-6-4-16(5-7-18)20(9-11-26-12-10-20)14-24-19(25)21-8-2-1-3-17(21)13-23-15-21;/h4-7,17,23H,1-3,8-15H2,(H,24,25);1H/t17-,21+;/m0./s1. The van der Waals surface area contributed by atoms with E-state index in [0.717, 1.165) is 50.6 Å². The summed E-state index contributed by atoms with van der Waals surface area (Å²) in [6.07, 6.45) is 6.49. The van der Waals surface area contributed by atoms with Gasteiger partial charge in [0.25, 0.3) is 0 Å². The van der Waals surface area contributed by atoms with E-state index in [1.165, 1.54) is 24.8 Å². The number of hydrogen-bond donors (Lipinski definition) is 2. The lowest BCUT2D eigenvalue weighted by atomic mass is 9.67. The van der Waals surface area contributed by atoms with Gasteiger partial charge in [-0.05, 0) is 55.8 Å². The molecule has 0 unspecified atom stereocenters. The zero-order valence-corrected chi connectivity index (χ0v) is 17.3. The molecular formula is C21H30Cl2N2O2. The van der Waals surface area contributed by atoms with Gasteiger partial charge >= 0.3 is 0 Å². The number of benzene rings is 1. The van der Waals surface area contributed by atoms with Gasteiger partial charge in [0.15, 0.2) is 0 Å². The maximum Gasteiger partial charge on any atom is 0.227 e. The Morgan fingerprint density at radius 1 is 1.19 bits per heavy atom. The number of fused-ring (bicyclic) bond motifs is 1. The van der Waals surface area contributed by atoms with E-state index in [-0.39, 0.29) is 29.1 Å². The molecule has 0 aromatic heterocycles. The minimum Gasteiger partial charge on any atom is -0.381 e. The number of hydrogen-bond acceptors (Lipinski definition) is 3. The Kier molecular flexibility index (Phi) is 6.73. The first kappa shape index (κ1) is 20.9. The molecule has 2 aliphatic heterocycles. The van der Waals surface area contributed by atoms with Gasteiger partial charge in [-0.1, -0.05) is 36.6 Å². The lowest BCUT2D eigenvalue weighted by Crippen LogP contribution is -2.52. The van der Waals surface area contributed by atoms with Crippen LogP contribution in [0.2, 0.25) is 5.02 Å². The highest BCUT2D eigenvalue weighted by Crippen LogP contribution is 2.44. The zero-order chi connectivity index (χ0) is 18.0. The van der Waals surface area contributed by atoms with Crippen molar-refractivity contribution in [3.8, 4) is 0 Å². The molecule has 2 atom stereocenters. The van der Waals surface area contributed by atoms with E-state index >= 15 is 0 Å². The van der Waals surface area contributed by atoms with Crippen molar-refractivity contribution in [2.45, 2.75) is 43.9 Å². The molecule has 0 spiro atoms. The molecule has 1 aromatic carbocycles. The lowest BCUT2D eigenvalue weighted by molar-refractivity contribution is -0.134. The third kappa shape index (κ3) is 4.00. The molecule has 1 aromatic rings. The number of ether oxygens (including phenoxy) is 1. The second kappa shape index (κ2) is 8.69. The number of halogens is 2. The summed E-state index contributed by atoms with van der Waals surface area (Å²) in [6.45, 7) is 4.00. The summed E-state index contributed by atoms with van der Waals surface area (Å²) in [7, 11) is 0. The second-order valence-corrected chi connectivity index (χ2v) is 8.75. The van der Waals surface area contributed by atoms with Crippen molar-refractivity contribution in [1.82, 2.24) is 10.6 Å². The average molecular weight is 413 g/mol. The van der Waals surface area contributed by atoms with Crippen LogP contribution in [0.1, 0.15) is 44.1 Å². The molecule has 4 rings (SSSR count). The van der Waals surface area contributed by atoms with Crippen molar-refractivity contribution in [1.29, 1.82) is 0 Å². The quantitative estimate of drug-likeness (QED) is 0.792. The van der Waals surface area contributed by atoms with Crippen LogP contribution < -0.4 is 10.6 Å². The van der Waals surface area contributed by atoms with Crippen LogP contribution in [-0.2, 0) is 14.9 Å². The second-order valence-electron chi connectivity index (χ2n) is 8.31. The van der Waals surface area contributed by atoms with Crippen LogP contribution in [0, 0.1) is 11.3 Å². The molecule has 27 heavy (non-hydrogen) atoms. The van der Waals surface area contributed by atoms with E-state index in [2.05, 4.69) is 22.8 Å². The first-order valence-corrected chi connectivity index (χ1v) is 10.4. The molecule has 1 aliphatic carbocycles. The third-order valence-corrected chi connectivity index (χ3v) is 7.24. The molecule has 150 valence electrons. The van der Waals surface area contributed by atoms with E-state index in [1.807, 2.05) is 12.1 Å². The van der Waals surface area contributed by atoms with E-state index < -0.39 is 0 Å². The molecule has 2 heterocycles. The van der Waals surface area contributed by atoms with E-state index in [0.29, 0.717) is 12.5 Å². The van der Waals surface area contributed by atoms with Gasteiger partial charge in [-0.15, -0.1) is 12.4 Å². The fourth-order valence-corrected chi connectivity index (χ4v) is 5.38. The lowest BCUT2D eigenvalue weighted by Gasteiger charge is -2.41.